The molecule has 19 heavy (non-hydrogen) atoms. The van der Waals surface area contributed by atoms with Gasteiger partial charge >= 0.3 is 0 Å². The second-order valence-corrected chi connectivity index (χ2v) is 4.90. The summed E-state index contributed by atoms with van der Waals surface area (Å²) in [5.41, 5.74) is 1.70. The fourth-order valence-corrected chi connectivity index (χ4v) is 2.39. The topological polar surface area (TPSA) is 57.8 Å². The molecule has 2 heterocycles. The Hall–Kier alpha value is -2.40. The number of thiophene rings is 1. The van der Waals surface area contributed by atoms with Gasteiger partial charge in [-0.15, -0.1) is 11.3 Å². The van der Waals surface area contributed by atoms with Gasteiger partial charge in [0.2, 0.25) is 0 Å². The van der Waals surface area contributed by atoms with E-state index in [2.05, 4.69) is 15.3 Å². The first kappa shape index (κ1) is 11.7. The molecule has 0 aliphatic heterocycles. The molecule has 0 spiro atoms. The molecule has 3 rings (SSSR count). The third kappa shape index (κ3) is 2.56. The number of benzene rings is 1. The Morgan fingerprint density at radius 3 is 2.95 bits per heavy atom. The molecule has 2 aromatic heterocycles. The summed E-state index contributed by atoms with van der Waals surface area (Å²) in [6.07, 6.45) is 3.47. The molecule has 0 fully saturated rings. The van der Waals surface area contributed by atoms with Crippen LogP contribution in [-0.2, 0) is 0 Å². The van der Waals surface area contributed by atoms with E-state index in [0.29, 0.717) is 4.88 Å². The molecule has 1 amide bonds. The molecule has 2 N–H and O–H groups in total. The zero-order valence-electron chi connectivity index (χ0n) is 9.96. The van der Waals surface area contributed by atoms with E-state index in [1.54, 1.807) is 18.5 Å². The van der Waals surface area contributed by atoms with Crippen LogP contribution in [0.2, 0.25) is 0 Å². The molecule has 0 aliphatic rings. The second-order valence-electron chi connectivity index (χ2n) is 3.95. The fraction of sp³-hybridized carbons (Fsp3) is 0. The number of H-pyrrole nitrogens is 1. The number of aromatic amines is 1. The Labute approximate surface area is 114 Å². The van der Waals surface area contributed by atoms with Crippen molar-refractivity contribution in [2.75, 3.05) is 5.32 Å². The van der Waals surface area contributed by atoms with Crippen molar-refractivity contribution in [2.45, 2.75) is 0 Å². The van der Waals surface area contributed by atoms with Gasteiger partial charge in [-0.25, -0.2) is 4.98 Å². The molecule has 0 unspecified atom stereocenters. The van der Waals surface area contributed by atoms with E-state index in [-0.39, 0.29) is 5.91 Å². The third-order valence-corrected chi connectivity index (χ3v) is 3.51. The van der Waals surface area contributed by atoms with Crippen molar-refractivity contribution in [3.63, 3.8) is 0 Å². The van der Waals surface area contributed by atoms with Crippen LogP contribution in [0.5, 0.6) is 0 Å². The van der Waals surface area contributed by atoms with E-state index in [9.17, 15) is 4.79 Å². The lowest BCUT2D eigenvalue weighted by molar-refractivity contribution is 0.103. The molecule has 4 nitrogen and oxygen atoms in total. The van der Waals surface area contributed by atoms with Crippen LogP contribution in [0.15, 0.2) is 54.2 Å². The number of rotatable bonds is 3. The van der Waals surface area contributed by atoms with Crippen molar-refractivity contribution in [1.82, 2.24) is 9.97 Å². The summed E-state index contributed by atoms with van der Waals surface area (Å²) in [7, 11) is 0. The molecular formula is C14H11N3OS. The SMILES string of the molecule is O=C(Nc1cccc(-c2ncc[nH]2)c1)c1cccs1. The highest BCUT2D eigenvalue weighted by Crippen LogP contribution is 2.20. The van der Waals surface area contributed by atoms with Crippen molar-refractivity contribution in [1.29, 1.82) is 0 Å². The van der Waals surface area contributed by atoms with Gasteiger partial charge in [-0.3, -0.25) is 4.79 Å². The molecule has 94 valence electrons. The smallest absolute Gasteiger partial charge is 0.265 e. The van der Waals surface area contributed by atoms with Crippen molar-refractivity contribution in [2.24, 2.45) is 0 Å². The summed E-state index contributed by atoms with van der Waals surface area (Å²) in [5, 5.41) is 4.76. The molecular weight excluding hydrogens is 258 g/mol. The zero-order chi connectivity index (χ0) is 13.1. The molecule has 0 saturated carbocycles. The minimum Gasteiger partial charge on any atom is -0.345 e. The number of imidazole rings is 1. The van der Waals surface area contributed by atoms with Crippen LogP contribution < -0.4 is 5.32 Å². The van der Waals surface area contributed by atoms with Crippen LogP contribution in [0.4, 0.5) is 5.69 Å². The number of anilines is 1. The van der Waals surface area contributed by atoms with Crippen molar-refractivity contribution in [3.05, 3.63) is 59.0 Å². The first-order valence-electron chi connectivity index (χ1n) is 5.77. The molecule has 3 aromatic rings. The Bertz CT molecular complexity index is 675. The lowest BCUT2D eigenvalue weighted by atomic mass is 10.2. The predicted octanol–water partition coefficient (Wildman–Crippen LogP) is 3.39. The van der Waals surface area contributed by atoms with Crippen molar-refractivity contribution >= 4 is 22.9 Å². The molecule has 0 saturated heterocycles. The van der Waals surface area contributed by atoms with E-state index >= 15 is 0 Å². The van der Waals surface area contributed by atoms with Crippen LogP contribution in [0.3, 0.4) is 0 Å². The summed E-state index contributed by atoms with van der Waals surface area (Å²) in [6, 6.07) is 11.2. The maximum absolute atomic E-state index is 11.9. The summed E-state index contributed by atoms with van der Waals surface area (Å²) >= 11 is 1.42. The Morgan fingerprint density at radius 1 is 1.26 bits per heavy atom. The average Bonchev–Trinajstić information content (AvgIpc) is 3.13. The van der Waals surface area contributed by atoms with Crippen molar-refractivity contribution < 1.29 is 4.79 Å². The van der Waals surface area contributed by atoms with Gasteiger partial charge in [0, 0.05) is 23.6 Å². The van der Waals surface area contributed by atoms with Gasteiger partial charge in [0.15, 0.2) is 0 Å². The third-order valence-electron chi connectivity index (χ3n) is 2.64. The molecule has 0 aliphatic carbocycles. The molecule has 0 atom stereocenters. The predicted molar refractivity (Wildman–Crippen MR) is 76.3 cm³/mol. The van der Waals surface area contributed by atoms with E-state index in [0.717, 1.165) is 17.1 Å². The van der Waals surface area contributed by atoms with E-state index in [1.807, 2.05) is 35.7 Å². The van der Waals surface area contributed by atoms with Gasteiger partial charge < -0.3 is 10.3 Å². The van der Waals surface area contributed by atoms with Crippen LogP contribution in [0, 0.1) is 0 Å². The standard InChI is InChI=1S/C14H11N3OS/c18-14(12-5-2-8-19-12)17-11-4-1-3-10(9-11)13-15-6-7-16-13/h1-9H,(H,15,16)(H,17,18). The number of amides is 1. The van der Waals surface area contributed by atoms with E-state index in [4.69, 9.17) is 0 Å². The molecule has 0 radical (unpaired) electrons. The van der Waals surface area contributed by atoms with Crippen LogP contribution in [-0.4, -0.2) is 15.9 Å². The Balaban J connectivity index is 1.82. The van der Waals surface area contributed by atoms with Crippen molar-refractivity contribution in [3.8, 4) is 11.4 Å². The minimum atomic E-state index is -0.0911. The summed E-state index contributed by atoms with van der Waals surface area (Å²) in [5.74, 6) is 0.693. The largest absolute Gasteiger partial charge is 0.345 e. The zero-order valence-corrected chi connectivity index (χ0v) is 10.8. The lowest BCUT2D eigenvalue weighted by Crippen LogP contribution is -2.09. The summed E-state index contributed by atoms with van der Waals surface area (Å²) in [4.78, 5) is 19.9. The highest BCUT2D eigenvalue weighted by atomic mass is 32.1. The number of nitrogens with zero attached hydrogens (tertiary/aromatic N) is 1. The Morgan fingerprint density at radius 2 is 2.21 bits per heavy atom. The fourth-order valence-electron chi connectivity index (χ4n) is 1.77. The number of aromatic nitrogens is 2. The number of carbonyl (C=O) groups excluding carboxylic acids is 1. The average molecular weight is 269 g/mol. The molecule has 0 bridgehead atoms. The number of carbonyl (C=O) groups is 1. The van der Waals surface area contributed by atoms with Gasteiger partial charge in [0.25, 0.3) is 5.91 Å². The van der Waals surface area contributed by atoms with Gasteiger partial charge in [0.05, 0.1) is 4.88 Å². The second kappa shape index (κ2) is 5.07. The van der Waals surface area contributed by atoms with Crippen LogP contribution in [0.25, 0.3) is 11.4 Å². The van der Waals surface area contributed by atoms with Gasteiger partial charge in [-0.1, -0.05) is 18.2 Å². The highest BCUT2D eigenvalue weighted by molar-refractivity contribution is 7.12. The summed E-state index contributed by atoms with van der Waals surface area (Å²) in [6.45, 7) is 0. The monoisotopic (exact) mass is 269 g/mol. The normalized spacial score (nSPS) is 10.3. The number of nitrogens with one attached hydrogen (secondary N) is 2. The van der Waals surface area contributed by atoms with Gasteiger partial charge in [-0.2, -0.15) is 0 Å². The Kier molecular flexibility index (Phi) is 3.12. The summed E-state index contributed by atoms with van der Waals surface area (Å²) < 4.78 is 0. The molecule has 5 heteroatoms. The van der Waals surface area contributed by atoms with Gasteiger partial charge in [0.1, 0.15) is 5.82 Å². The van der Waals surface area contributed by atoms with Gasteiger partial charge in [-0.05, 0) is 23.6 Å². The highest BCUT2D eigenvalue weighted by Gasteiger charge is 2.07. The maximum atomic E-state index is 11.9. The number of hydrogen-bond donors (Lipinski definition) is 2. The number of hydrogen-bond acceptors (Lipinski definition) is 3. The minimum absolute atomic E-state index is 0.0911. The first-order valence-corrected chi connectivity index (χ1v) is 6.65. The van der Waals surface area contributed by atoms with Crippen LogP contribution >= 0.6 is 11.3 Å². The maximum Gasteiger partial charge on any atom is 0.265 e. The van der Waals surface area contributed by atoms with Crippen LogP contribution in [0.1, 0.15) is 9.67 Å². The first-order chi connectivity index (χ1) is 9.33. The lowest BCUT2D eigenvalue weighted by Gasteiger charge is -2.05. The quantitative estimate of drug-likeness (QED) is 0.765. The van der Waals surface area contributed by atoms with E-state index < -0.39 is 0 Å². The van der Waals surface area contributed by atoms with E-state index in [1.165, 1.54) is 11.3 Å². The molecule has 1 aromatic carbocycles.